The van der Waals surface area contributed by atoms with Gasteiger partial charge in [0.1, 0.15) is 0 Å². The Balaban J connectivity index is 2.05. The molecule has 1 saturated carbocycles. The van der Waals surface area contributed by atoms with E-state index in [2.05, 4.69) is 0 Å². The molecule has 1 aliphatic rings. The van der Waals surface area contributed by atoms with Crippen molar-refractivity contribution in [3.63, 3.8) is 0 Å². The van der Waals surface area contributed by atoms with Crippen molar-refractivity contribution >= 4 is 41.2 Å². The van der Waals surface area contributed by atoms with Crippen molar-refractivity contribution in [3.8, 4) is 0 Å². The first kappa shape index (κ1) is 15.9. The highest BCUT2D eigenvalue weighted by atomic mass is 35.5. The lowest BCUT2D eigenvalue weighted by Gasteiger charge is -2.19. The topological polar surface area (TPSA) is 57.6 Å². The van der Waals surface area contributed by atoms with Crippen molar-refractivity contribution in [1.82, 2.24) is 4.90 Å². The van der Waals surface area contributed by atoms with Gasteiger partial charge < -0.3 is 10.0 Å². The van der Waals surface area contributed by atoms with E-state index in [1.807, 2.05) is 0 Å². The Morgan fingerprint density at radius 2 is 2.05 bits per heavy atom. The number of benzene rings is 1. The number of carbonyl (C=O) groups excluding carboxylic acids is 1. The van der Waals surface area contributed by atoms with Crippen molar-refractivity contribution in [2.45, 2.75) is 25.3 Å². The summed E-state index contributed by atoms with van der Waals surface area (Å²) in [5.74, 6) is -1.11. The Hall–Kier alpha value is -1.52. The third-order valence-corrected chi connectivity index (χ3v) is 4.06. The van der Waals surface area contributed by atoms with E-state index in [1.165, 1.54) is 6.08 Å². The Morgan fingerprint density at radius 1 is 1.33 bits per heavy atom. The number of carbonyl (C=O) groups is 2. The average molecular weight is 328 g/mol. The third kappa shape index (κ3) is 4.48. The molecule has 0 unspecified atom stereocenters. The average Bonchev–Trinajstić information content (AvgIpc) is 3.25. The van der Waals surface area contributed by atoms with Crippen molar-refractivity contribution < 1.29 is 14.7 Å². The molecule has 1 N–H and O–H groups in total. The summed E-state index contributed by atoms with van der Waals surface area (Å²) in [5, 5.41) is 9.56. The summed E-state index contributed by atoms with van der Waals surface area (Å²) in [6.07, 6.45) is 4.83. The van der Waals surface area contributed by atoms with E-state index in [0.717, 1.165) is 12.8 Å². The number of carboxylic acid groups (broad SMARTS) is 1. The normalized spacial score (nSPS) is 14.4. The molecule has 112 valence electrons. The first-order valence-corrected chi connectivity index (χ1v) is 7.39. The van der Waals surface area contributed by atoms with Crippen LogP contribution in [0.2, 0.25) is 10.0 Å². The summed E-state index contributed by atoms with van der Waals surface area (Å²) in [6, 6.07) is 5.35. The van der Waals surface area contributed by atoms with Gasteiger partial charge in [0.2, 0.25) is 5.91 Å². The van der Waals surface area contributed by atoms with Gasteiger partial charge in [-0.2, -0.15) is 0 Å². The number of amides is 1. The van der Waals surface area contributed by atoms with E-state index in [1.54, 1.807) is 29.2 Å². The van der Waals surface area contributed by atoms with Crippen molar-refractivity contribution in [2.75, 3.05) is 6.54 Å². The smallest absolute Gasteiger partial charge is 0.305 e. The van der Waals surface area contributed by atoms with Crippen LogP contribution in [0, 0.1) is 0 Å². The van der Waals surface area contributed by atoms with E-state index in [9.17, 15) is 9.59 Å². The van der Waals surface area contributed by atoms with E-state index in [4.69, 9.17) is 28.3 Å². The fourth-order valence-corrected chi connectivity index (χ4v) is 2.35. The SMILES string of the molecule is O=C(O)CCN(C(=O)/C=C/c1cccc(Cl)c1Cl)C1CC1. The lowest BCUT2D eigenvalue weighted by molar-refractivity contribution is -0.138. The molecule has 1 aliphatic carbocycles. The van der Waals surface area contributed by atoms with Gasteiger partial charge >= 0.3 is 5.97 Å². The summed E-state index contributed by atoms with van der Waals surface area (Å²) in [5.41, 5.74) is 0.659. The van der Waals surface area contributed by atoms with Gasteiger partial charge in [-0.05, 0) is 30.5 Å². The van der Waals surface area contributed by atoms with E-state index >= 15 is 0 Å². The van der Waals surface area contributed by atoms with Crippen LogP contribution >= 0.6 is 23.2 Å². The second-order valence-corrected chi connectivity index (χ2v) is 5.67. The molecule has 0 aliphatic heterocycles. The zero-order valence-corrected chi connectivity index (χ0v) is 12.8. The summed E-state index contributed by atoms with van der Waals surface area (Å²) in [4.78, 5) is 24.4. The van der Waals surface area contributed by atoms with E-state index < -0.39 is 5.97 Å². The molecule has 0 radical (unpaired) electrons. The lowest BCUT2D eigenvalue weighted by Crippen LogP contribution is -2.33. The monoisotopic (exact) mass is 327 g/mol. The van der Waals surface area contributed by atoms with Crippen LogP contribution in [0.4, 0.5) is 0 Å². The molecule has 0 spiro atoms. The standard InChI is InChI=1S/C15H15Cl2NO3/c16-12-3-1-2-10(15(12)17)4-7-13(19)18(11-5-6-11)9-8-14(20)21/h1-4,7,11H,5-6,8-9H2,(H,20,21)/b7-4+. The molecule has 21 heavy (non-hydrogen) atoms. The number of carboxylic acids is 1. The second kappa shape index (κ2) is 6.96. The molecule has 0 heterocycles. The van der Waals surface area contributed by atoms with Crippen LogP contribution in [-0.4, -0.2) is 34.5 Å². The highest BCUT2D eigenvalue weighted by molar-refractivity contribution is 6.42. The largest absolute Gasteiger partial charge is 0.481 e. The fraction of sp³-hybridized carbons (Fsp3) is 0.333. The van der Waals surface area contributed by atoms with Gasteiger partial charge in [-0.3, -0.25) is 9.59 Å². The van der Waals surface area contributed by atoms with Crippen molar-refractivity contribution in [1.29, 1.82) is 0 Å². The lowest BCUT2D eigenvalue weighted by atomic mass is 10.2. The molecule has 0 bridgehead atoms. The van der Waals surface area contributed by atoms with E-state index in [0.29, 0.717) is 15.6 Å². The molecule has 1 fully saturated rings. The zero-order chi connectivity index (χ0) is 15.4. The summed E-state index contributed by atoms with van der Waals surface area (Å²) in [6.45, 7) is 0.229. The van der Waals surface area contributed by atoms with E-state index in [-0.39, 0.29) is 24.9 Å². The second-order valence-electron chi connectivity index (χ2n) is 4.88. The van der Waals surface area contributed by atoms with Crippen LogP contribution in [0.5, 0.6) is 0 Å². The molecular weight excluding hydrogens is 313 g/mol. The number of hydrogen-bond donors (Lipinski definition) is 1. The molecular formula is C15H15Cl2NO3. The number of aliphatic carboxylic acids is 1. The van der Waals surface area contributed by atoms with Gasteiger partial charge in [-0.1, -0.05) is 35.3 Å². The summed E-state index contributed by atoms with van der Waals surface area (Å²) >= 11 is 12.0. The first-order valence-electron chi connectivity index (χ1n) is 6.63. The maximum atomic E-state index is 12.2. The number of rotatable bonds is 6. The fourth-order valence-electron chi connectivity index (χ4n) is 1.98. The van der Waals surface area contributed by atoms with Crippen LogP contribution in [0.15, 0.2) is 24.3 Å². The summed E-state index contributed by atoms with van der Waals surface area (Å²) in [7, 11) is 0. The van der Waals surface area contributed by atoms with Crippen LogP contribution in [0.3, 0.4) is 0 Å². The van der Waals surface area contributed by atoms with Crippen LogP contribution in [-0.2, 0) is 9.59 Å². The Kier molecular flexibility index (Phi) is 5.26. The molecule has 0 aromatic heterocycles. The van der Waals surface area contributed by atoms with Crippen molar-refractivity contribution in [3.05, 3.63) is 39.9 Å². The predicted octanol–water partition coefficient (Wildman–Crippen LogP) is 3.47. The minimum Gasteiger partial charge on any atom is -0.481 e. The summed E-state index contributed by atoms with van der Waals surface area (Å²) < 4.78 is 0. The number of hydrogen-bond acceptors (Lipinski definition) is 2. The Morgan fingerprint density at radius 3 is 2.67 bits per heavy atom. The number of nitrogens with zero attached hydrogens (tertiary/aromatic N) is 1. The molecule has 4 nitrogen and oxygen atoms in total. The minimum atomic E-state index is -0.907. The molecule has 1 aromatic carbocycles. The zero-order valence-electron chi connectivity index (χ0n) is 11.3. The minimum absolute atomic E-state index is 0.0476. The Bertz CT molecular complexity index is 582. The first-order chi connectivity index (χ1) is 9.99. The third-order valence-electron chi connectivity index (χ3n) is 3.22. The van der Waals surface area contributed by atoms with Crippen molar-refractivity contribution in [2.24, 2.45) is 0 Å². The maximum Gasteiger partial charge on any atom is 0.305 e. The van der Waals surface area contributed by atoms with Gasteiger partial charge in [0, 0.05) is 18.7 Å². The highest BCUT2D eigenvalue weighted by Gasteiger charge is 2.31. The molecule has 6 heteroatoms. The molecule has 1 aromatic rings. The maximum absolute atomic E-state index is 12.2. The predicted molar refractivity (Wildman–Crippen MR) is 82.5 cm³/mol. The molecule has 0 saturated heterocycles. The van der Waals surface area contributed by atoms with Gasteiger partial charge in [-0.15, -0.1) is 0 Å². The molecule has 2 rings (SSSR count). The van der Waals surface area contributed by atoms with Crippen LogP contribution < -0.4 is 0 Å². The van der Waals surface area contributed by atoms with Gasteiger partial charge in [0.25, 0.3) is 0 Å². The van der Waals surface area contributed by atoms with Crippen LogP contribution in [0.25, 0.3) is 6.08 Å². The molecule has 1 amide bonds. The van der Waals surface area contributed by atoms with Gasteiger partial charge in [0.15, 0.2) is 0 Å². The number of halogens is 2. The van der Waals surface area contributed by atoms with Crippen LogP contribution in [0.1, 0.15) is 24.8 Å². The van der Waals surface area contributed by atoms with Gasteiger partial charge in [-0.25, -0.2) is 0 Å². The quantitative estimate of drug-likeness (QED) is 0.814. The van der Waals surface area contributed by atoms with Gasteiger partial charge in [0.05, 0.1) is 16.5 Å². The Labute approximate surface area is 133 Å². The molecule has 0 atom stereocenters. The highest BCUT2D eigenvalue weighted by Crippen LogP contribution is 2.28.